The highest BCUT2D eigenvalue weighted by Gasteiger charge is 2.15. The molecule has 1 aromatic carbocycles. The highest BCUT2D eigenvalue weighted by Crippen LogP contribution is 2.06. The molecule has 2 amide bonds. The zero-order chi connectivity index (χ0) is 15.0. The van der Waals surface area contributed by atoms with Crippen molar-refractivity contribution >= 4 is 12.0 Å². The number of urea groups is 1. The minimum atomic E-state index is -0.902. The smallest absolute Gasteiger partial charge is 0.317 e. The molecule has 0 aliphatic heterocycles. The second-order valence-corrected chi connectivity index (χ2v) is 4.81. The molecule has 0 aromatic heterocycles. The Labute approximate surface area is 119 Å². The molecule has 20 heavy (non-hydrogen) atoms. The van der Waals surface area contributed by atoms with E-state index in [4.69, 9.17) is 5.11 Å². The average molecular weight is 278 g/mol. The molecule has 0 spiro atoms. The molecule has 1 unspecified atom stereocenters. The lowest BCUT2D eigenvalue weighted by molar-refractivity contribution is -0.137. The molecule has 5 heteroatoms. The lowest BCUT2D eigenvalue weighted by atomic mass is 10.0. The minimum Gasteiger partial charge on any atom is -0.481 e. The first-order chi connectivity index (χ1) is 9.52. The van der Waals surface area contributed by atoms with Gasteiger partial charge in [0, 0.05) is 19.6 Å². The topological polar surface area (TPSA) is 69.6 Å². The predicted octanol–water partition coefficient (Wildman–Crippen LogP) is 2.12. The largest absolute Gasteiger partial charge is 0.481 e. The minimum absolute atomic E-state index is 0.0423. The highest BCUT2D eigenvalue weighted by atomic mass is 16.4. The SMILES string of the molecule is CCC(Cc1ccccc1)NC(=O)N(C)CCC(=O)O. The number of rotatable bonds is 7. The summed E-state index contributed by atoms with van der Waals surface area (Å²) in [6.45, 7) is 2.23. The van der Waals surface area contributed by atoms with Crippen molar-refractivity contribution in [1.82, 2.24) is 10.2 Å². The quantitative estimate of drug-likeness (QED) is 0.802. The van der Waals surface area contributed by atoms with Crippen molar-refractivity contribution in [2.24, 2.45) is 0 Å². The number of hydrogen-bond donors (Lipinski definition) is 2. The van der Waals surface area contributed by atoms with Crippen LogP contribution in [0.3, 0.4) is 0 Å². The van der Waals surface area contributed by atoms with Gasteiger partial charge in [-0.15, -0.1) is 0 Å². The van der Waals surface area contributed by atoms with E-state index in [9.17, 15) is 9.59 Å². The van der Waals surface area contributed by atoms with Gasteiger partial charge in [-0.3, -0.25) is 4.79 Å². The van der Waals surface area contributed by atoms with Gasteiger partial charge in [-0.25, -0.2) is 4.79 Å². The van der Waals surface area contributed by atoms with Gasteiger partial charge in [-0.05, 0) is 18.4 Å². The van der Waals surface area contributed by atoms with E-state index in [0.717, 1.165) is 12.8 Å². The third kappa shape index (κ3) is 5.73. The molecule has 1 rings (SSSR count). The lowest BCUT2D eigenvalue weighted by Crippen LogP contribution is -2.44. The van der Waals surface area contributed by atoms with E-state index in [1.807, 2.05) is 37.3 Å². The van der Waals surface area contributed by atoms with Gasteiger partial charge in [-0.2, -0.15) is 0 Å². The Hall–Kier alpha value is -2.04. The molecule has 1 aromatic rings. The van der Waals surface area contributed by atoms with E-state index >= 15 is 0 Å². The number of benzene rings is 1. The summed E-state index contributed by atoms with van der Waals surface area (Å²) in [5.74, 6) is -0.902. The van der Waals surface area contributed by atoms with Crippen molar-refractivity contribution in [1.29, 1.82) is 0 Å². The maximum absolute atomic E-state index is 11.9. The standard InChI is InChI=1S/C15H22N2O3/c1-3-13(11-12-7-5-4-6-8-12)16-15(20)17(2)10-9-14(18)19/h4-8,13H,3,9-11H2,1-2H3,(H,16,20)(H,18,19). The van der Waals surface area contributed by atoms with Gasteiger partial charge < -0.3 is 15.3 Å². The summed E-state index contributed by atoms with van der Waals surface area (Å²) in [6.07, 6.45) is 1.56. The molecule has 0 radical (unpaired) electrons. The summed E-state index contributed by atoms with van der Waals surface area (Å²) in [4.78, 5) is 23.8. The Morgan fingerprint density at radius 1 is 1.30 bits per heavy atom. The monoisotopic (exact) mass is 278 g/mol. The Morgan fingerprint density at radius 2 is 1.95 bits per heavy atom. The number of carbonyl (C=O) groups is 2. The number of nitrogens with one attached hydrogen (secondary N) is 1. The van der Waals surface area contributed by atoms with Gasteiger partial charge >= 0.3 is 12.0 Å². The maximum Gasteiger partial charge on any atom is 0.317 e. The third-order valence-corrected chi connectivity index (χ3v) is 3.15. The number of aliphatic carboxylic acids is 1. The van der Waals surface area contributed by atoms with Crippen LogP contribution < -0.4 is 5.32 Å². The number of carboxylic acids is 1. The van der Waals surface area contributed by atoms with Gasteiger partial charge in [0.05, 0.1) is 6.42 Å². The number of amides is 2. The first-order valence-corrected chi connectivity index (χ1v) is 6.80. The molecule has 0 aliphatic carbocycles. The fourth-order valence-corrected chi connectivity index (χ4v) is 1.85. The fourth-order valence-electron chi connectivity index (χ4n) is 1.85. The van der Waals surface area contributed by atoms with Crippen LogP contribution >= 0.6 is 0 Å². The summed E-state index contributed by atoms with van der Waals surface area (Å²) in [5, 5.41) is 11.5. The van der Waals surface area contributed by atoms with Crippen LogP contribution in [0.5, 0.6) is 0 Å². The molecule has 2 N–H and O–H groups in total. The van der Waals surface area contributed by atoms with Crippen molar-refractivity contribution in [3.63, 3.8) is 0 Å². The molecule has 0 aliphatic rings. The molecule has 0 heterocycles. The third-order valence-electron chi connectivity index (χ3n) is 3.15. The van der Waals surface area contributed by atoms with Crippen LogP contribution in [0.4, 0.5) is 4.79 Å². The molecular weight excluding hydrogens is 256 g/mol. The molecule has 0 saturated carbocycles. The van der Waals surface area contributed by atoms with Crippen molar-refractivity contribution in [3.8, 4) is 0 Å². The number of carbonyl (C=O) groups excluding carboxylic acids is 1. The summed E-state index contributed by atoms with van der Waals surface area (Å²) in [7, 11) is 1.60. The number of carboxylic acid groups (broad SMARTS) is 1. The Morgan fingerprint density at radius 3 is 2.50 bits per heavy atom. The van der Waals surface area contributed by atoms with E-state index < -0.39 is 5.97 Å². The zero-order valence-corrected chi connectivity index (χ0v) is 12.0. The average Bonchev–Trinajstić information content (AvgIpc) is 2.44. The predicted molar refractivity (Wildman–Crippen MR) is 77.6 cm³/mol. The molecule has 110 valence electrons. The normalized spacial score (nSPS) is 11.7. The van der Waals surface area contributed by atoms with Crippen molar-refractivity contribution in [2.75, 3.05) is 13.6 Å². The van der Waals surface area contributed by atoms with Crippen LogP contribution in [0.2, 0.25) is 0 Å². The number of nitrogens with zero attached hydrogens (tertiary/aromatic N) is 1. The van der Waals surface area contributed by atoms with Crippen LogP contribution in [0.1, 0.15) is 25.3 Å². The van der Waals surface area contributed by atoms with Crippen LogP contribution in [0, 0.1) is 0 Å². The van der Waals surface area contributed by atoms with E-state index in [1.54, 1.807) is 7.05 Å². The summed E-state index contributed by atoms with van der Waals surface area (Å²) in [6, 6.07) is 9.80. The summed E-state index contributed by atoms with van der Waals surface area (Å²) < 4.78 is 0. The highest BCUT2D eigenvalue weighted by molar-refractivity contribution is 5.75. The van der Waals surface area contributed by atoms with E-state index in [1.165, 1.54) is 10.5 Å². The van der Waals surface area contributed by atoms with Crippen LogP contribution in [-0.4, -0.2) is 41.6 Å². The lowest BCUT2D eigenvalue weighted by Gasteiger charge is -2.22. The molecule has 1 atom stereocenters. The molecule has 0 fully saturated rings. The molecule has 5 nitrogen and oxygen atoms in total. The second-order valence-electron chi connectivity index (χ2n) is 4.81. The zero-order valence-electron chi connectivity index (χ0n) is 12.0. The van der Waals surface area contributed by atoms with Crippen LogP contribution in [0.25, 0.3) is 0 Å². The van der Waals surface area contributed by atoms with E-state index in [2.05, 4.69) is 5.32 Å². The van der Waals surface area contributed by atoms with Gasteiger partial charge in [0.1, 0.15) is 0 Å². The van der Waals surface area contributed by atoms with Gasteiger partial charge in [0.2, 0.25) is 0 Å². The first-order valence-electron chi connectivity index (χ1n) is 6.80. The Kier molecular flexibility index (Phi) is 6.56. The Balaban J connectivity index is 2.47. The molecule has 0 bridgehead atoms. The molecule has 0 saturated heterocycles. The summed E-state index contributed by atoms with van der Waals surface area (Å²) in [5.41, 5.74) is 1.17. The second kappa shape index (κ2) is 8.19. The number of hydrogen-bond acceptors (Lipinski definition) is 2. The van der Waals surface area contributed by atoms with Gasteiger partial charge in [0.25, 0.3) is 0 Å². The van der Waals surface area contributed by atoms with Crippen molar-refractivity contribution in [2.45, 2.75) is 32.2 Å². The van der Waals surface area contributed by atoms with Gasteiger partial charge in [-0.1, -0.05) is 37.3 Å². The van der Waals surface area contributed by atoms with Crippen LogP contribution in [-0.2, 0) is 11.2 Å². The Bertz CT molecular complexity index is 434. The van der Waals surface area contributed by atoms with Gasteiger partial charge in [0.15, 0.2) is 0 Å². The van der Waals surface area contributed by atoms with Crippen molar-refractivity contribution < 1.29 is 14.7 Å². The van der Waals surface area contributed by atoms with E-state index in [-0.39, 0.29) is 25.0 Å². The first kappa shape index (κ1) is 16.0. The van der Waals surface area contributed by atoms with Crippen LogP contribution in [0.15, 0.2) is 30.3 Å². The summed E-state index contributed by atoms with van der Waals surface area (Å²) >= 11 is 0. The van der Waals surface area contributed by atoms with E-state index in [0.29, 0.717) is 0 Å². The fraction of sp³-hybridized carbons (Fsp3) is 0.467. The molecular formula is C15H22N2O3. The maximum atomic E-state index is 11.9. The van der Waals surface area contributed by atoms with Crippen molar-refractivity contribution in [3.05, 3.63) is 35.9 Å².